The molecule has 3 heterocycles. The highest BCUT2D eigenvalue weighted by Crippen LogP contribution is 2.29. The number of aliphatic hydroxyl groups excluding tert-OH is 1. The van der Waals surface area contributed by atoms with Crippen LogP contribution in [0.3, 0.4) is 0 Å². The SMILES string of the molecule is Cn1nc(-c2cnc3c(n2)c(C(=O)NC(C)(C)CO)cn3COCC[Si](C)(C)C)c2ccc(F)cc21. The van der Waals surface area contributed by atoms with E-state index in [1.165, 1.54) is 12.1 Å². The van der Waals surface area contributed by atoms with Gasteiger partial charge in [0.2, 0.25) is 0 Å². The number of fused-ring (bicyclic) bond motifs is 2. The molecule has 36 heavy (non-hydrogen) atoms. The first-order valence-electron chi connectivity index (χ1n) is 11.9. The number of carbonyl (C=O) groups is 1. The van der Waals surface area contributed by atoms with Crippen LogP contribution in [0.1, 0.15) is 24.2 Å². The summed E-state index contributed by atoms with van der Waals surface area (Å²) in [6.07, 6.45) is 3.28. The van der Waals surface area contributed by atoms with Crippen LogP contribution < -0.4 is 5.32 Å². The topological polar surface area (TPSA) is 107 Å². The van der Waals surface area contributed by atoms with Gasteiger partial charge in [-0.15, -0.1) is 0 Å². The van der Waals surface area contributed by atoms with E-state index in [1.807, 2.05) is 0 Å². The third-order valence-electron chi connectivity index (χ3n) is 5.94. The summed E-state index contributed by atoms with van der Waals surface area (Å²) in [4.78, 5) is 22.6. The summed E-state index contributed by atoms with van der Waals surface area (Å²) in [7, 11) is 0.493. The molecule has 3 aromatic heterocycles. The molecule has 0 saturated heterocycles. The molecule has 0 spiro atoms. The van der Waals surface area contributed by atoms with Gasteiger partial charge in [-0.05, 0) is 38.1 Å². The normalized spacial score (nSPS) is 12.6. The molecular formula is C25H33FN6O3Si. The Bertz CT molecular complexity index is 1420. The molecule has 0 aliphatic carbocycles. The molecule has 1 aromatic carbocycles. The largest absolute Gasteiger partial charge is 0.394 e. The lowest BCUT2D eigenvalue weighted by atomic mass is 10.1. The van der Waals surface area contributed by atoms with Crippen molar-refractivity contribution in [1.29, 1.82) is 0 Å². The van der Waals surface area contributed by atoms with Gasteiger partial charge < -0.3 is 19.7 Å². The fourth-order valence-corrected chi connectivity index (χ4v) is 4.56. The zero-order valence-electron chi connectivity index (χ0n) is 21.6. The van der Waals surface area contributed by atoms with Crippen molar-refractivity contribution < 1.29 is 19.0 Å². The number of halogens is 1. The van der Waals surface area contributed by atoms with E-state index in [2.05, 4.69) is 35.0 Å². The third-order valence-corrected chi connectivity index (χ3v) is 7.64. The maximum atomic E-state index is 13.8. The predicted octanol–water partition coefficient (Wildman–Crippen LogP) is 3.94. The number of amides is 1. The fourth-order valence-electron chi connectivity index (χ4n) is 3.81. The number of rotatable bonds is 9. The number of nitrogens with zero attached hydrogens (tertiary/aromatic N) is 5. The van der Waals surface area contributed by atoms with E-state index in [1.54, 1.807) is 48.6 Å². The Morgan fingerprint density at radius 3 is 2.72 bits per heavy atom. The minimum atomic E-state index is -1.24. The fraction of sp³-hybridized carbons (Fsp3) is 0.440. The lowest BCUT2D eigenvalue weighted by molar-refractivity contribution is 0.0859. The first kappa shape index (κ1) is 25.9. The van der Waals surface area contributed by atoms with Crippen LogP contribution in [0.2, 0.25) is 25.7 Å². The second-order valence-electron chi connectivity index (χ2n) is 10.9. The Balaban J connectivity index is 1.76. The molecule has 0 bridgehead atoms. The lowest BCUT2D eigenvalue weighted by Crippen LogP contribution is -2.46. The highest BCUT2D eigenvalue weighted by molar-refractivity contribution is 6.76. The Kier molecular flexibility index (Phi) is 7.00. The number of hydrogen-bond acceptors (Lipinski definition) is 6. The van der Waals surface area contributed by atoms with E-state index in [0.29, 0.717) is 40.2 Å². The van der Waals surface area contributed by atoms with Crippen molar-refractivity contribution in [3.63, 3.8) is 0 Å². The molecule has 0 radical (unpaired) electrons. The van der Waals surface area contributed by atoms with Crippen LogP contribution in [0.4, 0.5) is 4.39 Å². The molecule has 0 unspecified atom stereocenters. The van der Waals surface area contributed by atoms with E-state index in [4.69, 9.17) is 9.72 Å². The van der Waals surface area contributed by atoms with Gasteiger partial charge in [0, 0.05) is 33.3 Å². The predicted molar refractivity (Wildman–Crippen MR) is 140 cm³/mol. The summed E-state index contributed by atoms with van der Waals surface area (Å²) in [5.41, 5.74) is 2.05. The molecule has 4 rings (SSSR count). The summed E-state index contributed by atoms with van der Waals surface area (Å²) in [6, 6.07) is 5.48. The molecule has 9 nitrogen and oxygen atoms in total. The van der Waals surface area contributed by atoms with Crippen LogP contribution in [-0.4, -0.2) is 62.2 Å². The molecule has 0 saturated carbocycles. The van der Waals surface area contributed by atoms with Crippen molar-refractivity contribution in [2.75, 3.05) is 13.2 Å². The molecule has 0 aliphatic heterocycles. The van der Waals surface area contributed by atoms with Crippen LogP contribution in [0.25, 0.3) is 33.5 Å². The van der Waals surface area contributed by atoms with Crippen LogP contribution in [0.5, 0.6) is 0 Å². The molecule has 4 aromatic rings. The maximum Gasteiger partial charge on any atom is 0.255 e. The third kappa shape index (κ3) is 5.47. The first-order valence-corrected chi connectivity index (χ1v) is 15.6. The van der Waals surface area contributed by atoms with Gasteiger partial charge in [-0.3, -0.25) is 9.48 Å². The number of benzene rings is 1. The highest BCUT2D eigenvalue weighted by Gasteiger charge is 2.25. The second-order valence-corrected chi connectivity index (χ2v) is 16.5. The number of nitrogens with one attached hydrogen (secondary N) is 1. The Morgan fingerprint density at radius 1 is 1.28 bits per heavy atom. The van der Waals surface area contributed by atoms with Crippen molar-refractivity contribution in [2.45, 2.75) is 51.8 Å². The smallest absolute Gasteiger partial charge is 0.255 e. The zero-order chi connectivity index (χ0) is 26.3. The number of hydrogen-bond donors (Lipinski definition) is 2. The number of ether oxygens (including phenoxy) is 1. The Morgan fingerprint density at radius 2 is 2.03 bits per heavy atom. The quantitative estimate of drug-likeness (QED) is 0.260. The monoisotopic (exact) mass is 512 g/mol. The lowest BCUT2D eigenvalue weighted by Gasteiger charge is -2.23. The average molecular weight is 513 g/mol. The van der Waals surface area contributed by atoms with E-state index >= 15 is 0 Å². The van der Waals surface area contributed by atoms with Crippen molar-refractivity contribution in [3.05, 3.63) is 42.0 Å². The van der Waals surface area contributed by atoms with Gasteiger partial charge in [0.25, 0.3) is 5.91 Å². The molecule has 1 amide bonds. The number of aromatic nitrogens is 5. The molecule has 0 atom stereocenters. The number of carbonyl (C=O) groups excluding carboxylic acids is 1. The Hall–Kier alpha value is -3.15. The highest BCUT2D eigenvalue weighted by atomic mass is 28.3. The van der Waals surface area contributed by atoms with Gasteiger partial charge in [-0.1, -0.05) is 19.6 Å². The summed E-state index contributed by atoms with van der Waals surface area (Å²) in [6.45, 7) is 11.0. The van der Waals surface area contributed by atoms with Gasteiger partial charge in [0.1, 0.15) is 29.5 Å². The summed E-state index contributed by atoms with van der Waals surface area (Å²) < 4.78 is 23.1. The van der Waals surface area contributed by atoms with E-state index < -0.39 is 13.6 Å². The van der Waals surface area contributed by atoms with Crippen molar-refractivity contribution in [1.82, 2.24) is 29.6 Å². The first-order chi connectivity index (χ1) is 16.9. The summed E-state index contributed by atoms with van der Waals surface area (Å²) in [5.74, 6) is -0.727. The maximum absolute atomic E-state index is 13.8. The Labute approximate surface area is 210 Å². The molecule has 0 fully saturated rings. The van der Waals surface area contributed by atoms with Crippen molar-refractivity contribution in [2.24, 2.45) is 7.05 Å². The molecule has 2 N–H and O–H groups in total. The van der Waals surface area contributed by atoms with Gasteiger partial charge in [-0.25, -0.2) is 14.4 Å². The minimum Gasteiger partial charge on any atom is -0.394 e. The van der Waals surface area contributed by atoms with E-state index in [0.717, 1.165) is 11.4 Å². The second kappa shape index (κ2) is 9.72. The van der Waals surface area contributed by atoms with Gasteiger partial charge in [-0.2, -0.15) is 5.10 Å². The van der Waals surface area contributed by atoms with Gasteiger partial charge >= 0.3 is 0 Å². The zero-order valence-corrected chi connectivity index (χ0v) is 22.6. The molecule has 192 valence electrons. The molecule has 0 aliphatic rings. The van der Waals surface area contributed by atoms with Crippen LogP contribution >= 0.6 is 0 Å². The van der Waals surface area contributed by atoms with Crippen molar-refractivity contribution in [3.8, 4) is 11.4 Å². The standard InChI is InChI=1S/C25H33FN6O3Si/c1-25(2,14-33)29-24(34)18-13-32(15-35-9-10-36(4,5)6)23-22(18)28-19(12-27-23)21-17-8-7-16(26)11-20(17)31(3)30-21/h7-8,11-13,33H,9-10,14-15H2,1-6H3,(H,29,34). The van der Waals surface area contributed by atoms with Gasteiger partial charge in [0.15, 0.2) is 5.65 Å². The van der Waals surface area contributed by atoms with E-state index in [-0.39, 0.29) is 25.1 Å². The van der Waals surface area contributed by atoms with Gasteiger partial charge in [0.05, 0.1) is 29.4 Å². The van der Waals surface area contributed by atoms with Crippen LogP contribution in [0, 0.1) is 5.82 Å². The van der Waals surface area contributed by atoms with Crippen molar-refractivity contribution >= 4 is 36.0 Å². The number of aliphatic hydroxyl groups is 1. The molecule has 11 heteroatoms. The number of aryl methyl sites for hydroxylation is 1. The molecular weight excluding hydrogens is 479 g/mol. The summed E-state index contributed by atoms with van der Waals surface area (Å²) in [5, 5.41) is 17.7. The van der Waals surface area contributed by atoms with E-state index in [9.17, 15) is 14.3 Å². The minimum absolute atomic E-state index is 0.218. The van der Waals surface area contributed by atoms with Crippen LogP contribution in [0.15, 0.2) is 30.6 Å². The average Bonchev–Trinajstić information content (AvgIpc) is 3.33. The van der Waals surface area contributed by atoms with Crippen LogP contribution in [-0.2, 0) is 18.5 Å². The summed E-state index contributed by atoms with van der Waals surface area (Å²) >= 11 is 0.